The van der Waals surface area contributed by atoms with E-state index in [-0.39, 0.29) is 0 Å². The molecule has 0 saturated heterocycles. The van der Waals surface area contributed by atoms with Crippen LogP contribution in [0.2, 0.25) is 0 Å². The van der Waals surface area contributed by atoms with Gasteiger partial charge in [0.1, 0.15) is 0 Å². The summed E-state index contributed by atoms with van der Waals surface area (Å²) in [4.78, 5) is 0. The molecule has 0 aliphatic heterocycles. The molecule has 1 heterocycles. The number of para-hydroxylation sites is 1. The van der Waals surface area contributed by atoms with Gasteiger partial charge in [-0.05, 0) is 86.3 Å². The van der Waals surface area contributed by atoms with Gasteiger partial charge in [-0.1, -0.05) is 89.0 Å². The van der Waals surface area contributed by atoms with Gasteiger partial charge >= 0.3 is 0 Å². The number of aromatic nitrogens is 1. The Bertz CT molecular complexity index is 1570. The van der Waals surface area contributed by atoms with Crippen LogP contribution in [0.1, 0.15) is 22.3 Å². The van der Waals surface area contributed by atoms with Crippen LogP contribution in [-0.4, -0.2) is 4.57 Å². The van der Waals surface area contributed by atoms with Gasteiger partial charge in [-0.2, -0.15) is 0 Å². The molecule has 1 aromatic heterocycles. The highest BCUT2D eigenvalue weighted by molar-refractivity contribution is 6.11. The Morgan fingerprint density at radius 1 is 0.400 bits per heavy atom. The van der Waals surface area contributed by atoms with Crippen LogP contribution >= 0.6 is 0 Å². The molecule has 5 aromatic carbocycles. The lowest BCUT2D eigenvalue weighted by atomic mass is 9.97. The van der Waals surface area contributed by atoms with Crippen molar-refractivity contribution in [2.75, 3.05) is 0 Å². The molecule has 0 N–H and O–H groups in total. The van der Waals surface area contributed by atoms with E-state index in [1.165, 1.54) is 72.0 Å². The number of benzene rings is 5. The Labute approximate surface area is 207 Å². The quantitative estimate of drug-likeness (QED) is 0.252. The smallest absolute Gasteiger partial charge is 0.0541 e. The molecule has 0 bridgehead atoms. The van der Waals surface area contributed by atoms with Crippen molar-refractivity contribution in [1.29, 1.82) is 0 Å². The van der Waals surface area contributed by atoms with Crippen LogP contribution in [0.5, 0.6) is 0 Å². The Morgan fingerprint density at radius 3 is 1.26 bits per heavy atom. The minimum atomic E-state index is 1.19. The van der Waals surface area contributed by atoms with E-state index in [0.29, 0.717) is 0 Å². The van der Waals surface area contributed by atoms with E-state index in [0.717, 1.165) is 0 Å². The maximum Gasteiger partial charge on any atom is 0.0541 e. The molecule has 0 fully saturated rings. The third-order valence-corrected chi connectivity index (χ3v) is 6.89. The van der Waals surface area contributed by atoms with E-state index in [2.05, 4.69) is 135 Å². The van der Waals surface area contributed by atoms with Crippen LogP contribution in [0.4, 0.5) is 0 Å². The van der Waals surface area contributed by atoms with Gasteiger partial charge in [-0.15, -0.1) is 0 Å². The SMILES string of the molecule is Cc1cc(C)cc(-c2ccc3c(c2)c2cc(-c4cc(C)cc(C)c4)ccc2n3-c2ccccc2)c1. The molecule has 0 radical (unpaired) electrons. The minimum Gasteiger partial charge on any atom is -0.309 e. The first-order valence-electron chi connectivity index (χ1n) is 12.3. The number of rotatable bonds is 3. The Hall–Kier alpha value is -4.10. The monoisotopic (exact) mass is 451 g/mol. The lowest BCUT2D eigenvalue weighted by Crippen LogP contribution is -1.93. The van der Waals surface area contributed by atoms with Crippen molar-refractivity contribution in [1.82, 2.24) is 4.57 Å². The van der Waals surface area contributed by atoms with Gasteiger partial charge < -0.3 is 4.57 Å². The van der Waals surface area contributed by atoms with Gasteiger partial charge in [0.2, 0.25) is 0 Å². The fourth-order valence-corrected chi connectivity index (χ4v) is 5.52. The summed E-state index contributed by atoms with van der Waals surface area (Å²) in [5.41, 5.74) is 13.9. The Balaban J connectivity index is 1.65. The van der Waals surface area contributed by atoms with E-state index in [1.54, 1.807) is 0 Å². The van der Waals surface area contributed by atoms with Gasteiger partial charge in [0.05, 0.1) is 11.0 Å². The molecule has 0 unspecified atom stereocenters. The fraction of sp³-hybridized carbons (Fsp3) is 0.118. The first kappa shape index (κ1) is 21.4. The van der Waals surface area contributed by atoms with Crippen molar-refractivity contribution in [2.24, 2.45) is 0 Å². The zero-order chi connectivity index (χ0) is 24.1. The van der Waals surface area contributed by atoms with E-state index >= 15 is 0 Å². The van der Waals surface area contributed by atoms with E-state index in [9.17, 15) is 0 Å². The van der Waals surface area contributed by atoms with E-state index in [1.807, 2.05) is 0 Å². The number of hydrogen-bond acceptors (Lipinski definition) is 0. The molecule has 0 aliphatic rings. The molecular formula is C34H29N. The van der Waals surface area contributed by atoms with Crippen LogP contribution in [0, 0.1) is 27.7 Å². The molecule has 6 aromatic rings. The van der Waals surface area contributed by atoms with Gasteiger partial charge in [0.15, 0.2) is 0 Å². The molecule has 1 nitrogen and oxygen atoms in total. The Morgan fingerprint density at radius 2 is 0.829 bits per heavy atom. The molecule has 0 spiro atoms. The topological polar surface area (TPSA) is 4.93 Å². The van der Waals surface area contributed by atoms with Crippen molar-refractivity contribution in [2.45, 2.75) is 27.7 Å². The maximum absolute atomic E-state index is 2.39. The lowest BCUT2D eigenvalue weighted by Gasteiger charge is -2.09. The molecule has 0 atom stereocenters. The van der Waals surface area contributed by atoms with Crippen molar-refractivity contribution in [3.63, 3.8) is 0 Å². The van der Waals surface area contributed by atoms with E-state index in [4.69, 9.17) is 0 Å². The number of aryl methyl sites for hydroxylation is 4. The third-order valence-electron chi connectivity index (χ3n) is 6.89. The van der Waals surface area contributed by atoms with Crippen LogP contribution in [-0.2, 0) is 0 Å². The van der Waals surface area contributed by atoms with Gasteiger partial charge in [-0.25, -0.2) is 0 Å². The third kappa shape index (κ3) is 3.84. The highest BCUT2D eigenvalue weighted by Gasteiger charge is 2.15. The summed E-state index contributed by atoms with van der Waals surface area (Å²) >= 11 is 0. The molecule has 0 aliphatic carbocycles. The average molecular weight is 452 g/mol. The van der Waals surface area contributed by atoms with Crippen LogP contribution in [0.15, 0.2) is 103 Å². The molecule has 170 valence electrons. The minimum absolute atomic E-state index is 1.19. The Kier molecular flexibility index (Phi) is 5.07. The predicted octanol–water partition coefficient (Wildman–Crippen LogP) is 9.35. The normalized spacial score (nSPS) is 11.4. The number of nitrogens with zero attached hydrogens (tertiary/aromatic N) is 1. The first-order chi connectivity index (χ1) is 17.0. The summed E-state index contributed by atoms with van der Waals surface area (Å²) in [5.74, 6) is 0. The summed E-state index contributed by atoms with van der Waals surface area (Å²) in [5, 5.41) is 2.57. The second-order valence-electron chi connectivity index (χ2n) is 9.89. The summed E-state index contributed by atoms with van der Waals surface area (Å²) in [7, 11) is 0. The fourth-order valence-electron chi connectivity index (χ4n) is 5.52. The molecular weight excluding hydrogens is 422 g/mol. The summed E-state index contributed by atoms with van der Waals surface area (Å²) in [6, 6.07) is 38.1. The standard InChI is InChI=1S/C34H29N/c1-22-14-23(2)17-28(16-22)26-10-12-33-31(20-26)32-21-27(29-18-24(3)15-25(4)19-29)11-13-34(32)35(33)30-8-6-5-7-9-30/h5-21H,1-4H3. The second kappa shape index (κ2) is 8.29. The van der Waals surface area contributed by atoms with Crippen LogP contribution in [0.25, 0.3) is 49.7 Å². The summed E-state index contributed by atoms with van der Waals surface area (Å²) < 4.78 is 2.39. The highest BCUT2D eigenvalue weighted by atomic mass is 15.0. The van der Waals surface area contributed by atoms with Crippen molar-refractivity contribution >= 4 is 21.8 Å². The molecule has 0 amide bonds. The van der Waals surface area contributed by atoms with Gasteiger partial charge in [0, 0.05) is 16.5 Å². The molecule has 1 heteroatoms. The lowest BCUT2D eigenvalue weighted by molar-refractivity contribution is 1.18. The van der Waals surface area contributed by atoms with Gasteiger partial charge in [-0.3, -0.25) is 0 Å². The summed E-state index contributed by atoms with van der Waals surface area (Å²) in [6.07, 6.45) is 0. The molecule has 0 saturated carbocycles. The zero-order valence-electron chi connectivity index (χ0n) is 20.8. The number of hydrogen-bond donors (Lipinski definition) is 0. The summed E-state index contributed by atoms with van der Waals surface area (Å²) in [6.45, 7) is 8.69. The van der Waals surface area contributed by atoms with Crippen LogP contribution < -0.4 is 0 Å². The van der Waals surface area contributed by atoms with Crippen molar-refractivity contribution in [3.8, 4) is 27.9 Å². The van der Waals surface area contributed by atoms with Gasteiger partial charge in [0.25, 0.3) is 0 Å². The van der Waals surface area contributed by atoms with Crippen molar-refractivity contribution < 1.29 is 0 Å². The first-order valence-corrected chi connectivity index (χ1v) is 12.3. The second-order valence-corrected chi connectivity index (χ2v) is 9.89. The van der Waals surface area contributed by atoms with Crippen LogP contribution in [0.3, 0.4) is 0 Å². The molecule has 6 rings (SSSR count). The predicted molar refractivity (Wildman–Crippen MR) is 151 cm³/mol. The van der Waals surface area contributed by atoms with Crippen molar-refractivity contribution in [3.05, 3.63) is 125 Å². The highest BCUT2D eigenvalue weighted by Crippen LogP contribution is 2.37. The number of fused-ring (bicyclic) bond motifs is 3. The maximum atomic E-state index is 2.39. The average Bonchev–Trinajstić information content (AvgIpc) is 3.16. The molecule has 35 heavy (non-hydrogen) atoms. The van der Waals surface area contributed by atoms with E-state index < -0.39 is 0 Å². The largest absolute Gasteiger partial charge is 0.309 e. The zero-order valence-corrected chi connectivity index (χ0v) is 20.8.